The number of hydrogen-bond acceptors (Lipinski definition) is 4. The fourth-order valence-electron chi connectivity index (χ4n) is 3.20. The summed E-state index contributed by atoms with van der Waals surface area (Å²) >= 11 is 0. The van der Waals surface area contributed by atoms with Crippen molar-refractivity contribution in [1.29, 1.82) is 0 Å². The van der Waals surface area contributed by atoms with E-state index in [-0.39, 0.29) is 5.91 Å². The molecule has 6 nitrogen and oxygen atoms in total. The first-order valence-electron chi connectivity index (χ1n) is 7.66. The van der Waals surface area contributed by atoms with Gasteiger partial charge in [-0.3, -0.25) is 10.1 Å². The van der Waals surface area contributed by atoms with Crippen molar-refractivity contribution in [3.05, 3.63) is 0 Å². The Morgan fingerprint density at radius 2 is 2.00 bits per heavy atom. The van der Waals surface area contributed by atoms with Crippen LogP contribution in [-0.2, 0) is 4.79 Å². The highest BCUT2D eigenvalue weighted by Crippen LogP contribution is 2.25. The van der Waals surface area contributed by atoms with Crippen molar-refractivity contribution in [2.45, 2.75) is 38.1 Å². The van der Waals surface area contributed by atoms with Gasteiger partial charge in [-0.25, -0.2) is 4.79 Å². The number of imide groups is 1. The van der Waals surface area contributed by atoms with Gasteiger partial charge in [-0.2, -0.15) is 0 Å². The molecule has 2 heterocycles. The lowest BCUT2D eigenvalue weighted by Crippen LogP contribution is -2.43. The summed E-state index contributed by atoms with van der Waals surface area (Å²) in [5, 5.41) is 8.27. The van der Waals surface area contributed by atoms with E-state index in [0.717, 1.165) is 25.6 Å². The third-order valence-electron chi connectivity index (χ3n) is 4.43. The highest BCUT2D eigenvalue weighted by molar-refractivity contribution is 5.94. The second-order valence-electron chi connectivity index (χ2n) is 5.76. The van der Waals surface area contributed by atoms with Crippen molar-refractivity contribution in [2.75, 3.05) is 33.2 Å². The zero-order valence-electron chi connectivity index (χ0n) is 12.3. The summed E-state index contributed by atoms with van der Waals surface area (Å²) < 4.78 is 0. The Balaban J connectivity index is 1.61. The Bertz CT molecular complexity index is 334. The zero-order valence-corrected chi connectivity index (χ0v) is 12.3. The predicted octanol–water partition coefficient (Wildman–Crippen LogP) is 0.296. The van der Waals surface area contributed by atoms with E-state index in [9.17, 15) is 9.59 Å². The minimum absolute atomic E-state index is 0.205. The first kappa shape index (κ1) is 15.3. The molecular formula is C14H26N4O2. The Hall–Kier alpha value is -1.14. The van der Waals surface area contributed by atoms with Crippen LogP contribution < -0.4 is 16.0 Å². The lowest BCUT2D eigenvalue weighted by atomic mass is 9.88. The molecule has 2 aliphatic heterocycles. The third-order valence-corrected chi connectivity index (χ3v) is 4.43. The highest BCUT2D eigenvalue weighted by Gasteiger charge is 2.28. The van der Waals surface area contributed by atoms with Gasteiger partial charge in [-0.15, -0.1) is 0 Å². The van der Waals surface area contributed by atoms with Gasteiger partial charge in [0, 0.05) is 26.1 Å². The number of urea groups is 1. The van der Waals surface area contributed by atoms with Crippen LogP contribution in [0, 0.1) is 5.92 Å². The molecule has 2 fully saturated rings. The normalized spacial score (nSPS) is 24.6. The molecule has 1 atom stereocenters. The molecule has 3 amide bonds. The third kappa shape index (κ3) is 4.45. The van der Waals surface area contributed by atoms with Crippen LogP contribution in [0.15, 0.2) is 0 Å². The minimum atomic E-state index is -0.430. The van der Waals surface area contributed by atoms with Gasteiger partial charge in [0.05, 0.1) is 0 Å². The summed E-state index contributed by atoms with van der Waals surface area (Å²) in [7, 11) is 1.50. The van der Waals surface area contributed by atoms with E-state index < -0.39 is 6.03 Å². The second kappa shape index (κ2) is 7.59. The van der Waals surface area contributed by atoms with Crippen LogP contribution in [0.4, 0.5) is 4.79 Å². The molecule has 6 heteroatoms. The largest absolute Gasteiger partial charge is 0.341 e. The first-order chi connectivity index (χ1) is 9.69. The molecule has 3 N–H and O–H groups in total. The molecular weight excluding hydrogens is 256 g/mol. The summed E-state index contributed by atoms with van der Waals surface area (Å²) in [4.78, 5) is 24.8. The quantitative estimate of drug-likeness (QED) is 0.693. The molecule has 0 aliphatic carbocycles. The molecule has 0 spiro atoms. The van der Waals surface area contributed by atoms with Crippen LogP contribution >= 0.6 is 0 Å². The number of amides is 3. The van der Waals surface area contributed by atoms with Gasteiger partial charge in [-0.05, 0) is 51.2 Å². The van der Waals surface area contributed by atoms with E-state index >= 15 is 0 Å². The van der Waals surface area contributed by atoms with Gasteiger partial charge < -0.3 is 15.5 Å². The van der Waals surface area contributed by atoms with Crippen LogP contribution in [0.3, 0.4) is 0 Å². The smallest absolute Gasteiger partial charge is 0.321 e. The van der Waals surface area contributed by atoms with Crippen molar-refractivity contribution in [2.24, 2.45) is 5.92 Å². The first-order valence-corrected chi connectivity index (χ1v) is 7.66. The van der Waals surface area contributed by atoms with Crippen LogP contribution in [0.2, 0.25) is 0 Å². The van der Waals surface area contributed by atoms with Gasteiger partial charge in [0.2, 0.25) is 5.91 Å². The van der Waals surface area contributed by atoms with E-state index in [4.69, 9.17) is 0 Å². The minimum Gasteiger partial charge on any atom is -0.341 e. The number of rotatable bonds is 4. The second-order valence-corrected chi connectivity index (χ2v) is 5.76. The summed E-state index contributed by atoms with van der Waals surface area (Å²) in [5.74, 6) is 0.595. The molecule has 0 aromatic rings. The number of hydrogen-bond donors (Lipinski definition) is 3. The molecule has 1 unspecified atom stereocenters. The molecule has 20 heavy (non-hydrogen) atoms. The molecule has 0 saturated carbocycles. The topological polar surface area (TPSA) is 73.5 Å². The van der Waals surface area contributed by atoms with Crippen molar-refractivity contribution < 1.29 is 9.59 Å². The molecule has 0 radical (unpaired) electrons. The summed E-state index contributed by atoms with van der Waals surface area (Å²) in [6, 6.07) is 0.287. The maximum atomic E-state index is 11.5. The molecule has 2 saturated heterocycles. The number of carbonyl (C=O) groups is 2. The Morgan fingerprint density at radius 3 is 2.60 bits per heavy atom. The lowest BCUT2D eigenvalue weighted by molar-refractivity contribution is -0.120. The molecule has 0 aromatic carbocycles. The van der Waals surface area contributed by atoms with Crippen LogP contribution in [0.1, 0.15) is 32.1 Å². The molecule has 114 valence electrons. The average molecular weight is 282 g/mol. The summed E-state index contributed by atoms with van der Waals surface area (Å²) in [5.41, 5.74) is 0. The monoisotopic (exact) mass is 282 g/mol. The SMILES string of the molecule is CNC(=O)NC(=O)CCN1CCC(C2CCCN2)CC1. The lowest BCUT2D eigenvalue weighted by Gasteiger charge is -2.34. The van der Waals surface area contributed by atoms with E-state index in [1.807, 2.05) is 0 Å². The Morgan fingerprint density at radius 1 is 1.25 bits per heavy atom. The maximum absolute atomic E-state index is 11.5. The van der Waals surface area contributed by atoms with Crippen molar-refractivity contribution in [1.82, 2.24) is 20.9 Å². The van der Waals surface area contributed by atoms with Gasteiger partial charge in [0.25, 0.3) is 0 Å². The van der Waals surface area contributed by atoms with Gasteiger partial charge >= 0.3 is 6.03 Å². The van der Waals surface area contributed by atoms with Crippen molar-refractivity contribution in [3.8, 4) is 0 Å². The van der Waals surface area contributed by atoms with Gasteiger partial charge in [0.15, 0.2) is 0 Å². The van der Waals surface area contributed by atoms with E-state index in [1.54, 1.807) is 0 Å². The highest BCUT2D eigenvalue weighted by atomic mass is 16.2. The van der Waals surface area contributed by atoms with E-state index in [2.05, 4.69) is 20.9 Å². The van der Waals surface area contributed by atoms with E-state index in [0.29, 0.717) is 12.5 Å². The van der Waals surface area contributed by atoms with Crippen LogP contribution in [-0.4, -0.2) is 56.1 Å². The molecule has 2 aliphatic rings. The van der Waals surface area contributed by atoms with Gasteiger partial charge in [0.1, 0.15) is 0 Å². The average Bonchev–Trinajstić information content (AvgIpc) is 2.99. The number of nitrogens with zero attached hydrogens (tertiary/aromatic N) is 1. The number of likely N-dealkylation sites (tertiary alicyclic amines) is 1. The predicted molar refractivity (Wildman–Crippen MR) is 77.4 cm³/mol. The zero-order chi connectivity index (χ0) is 14.4. The number of piperidine rings is 1. The molecule has 0 aromatic heterocycles. The van der Waals surface area contributed by atoms with Crippen LogP contribution in [0.5, 0.6) is 0 Å². The van der Waals surface area contributed by atoms with E-state index in [1.165, 1.54) is 39.3 Å². The van der Waals surface area contributed by atoms with Crippen molar-refractivity contribution in [3.63, 3.8) is 0 Å². The van der Waals surface area contributed by atoms with Crippen LogP contribution in [0.25, 0.3) is 0 Å². The number of carbonyl (C=O) groups excluding carboxylic acids is 2. The fraction of sp³-hybridized carbons (Fsp3) is 0.857. The maximum Gasteiger partial charge on any atom is 0.321 e. The summed E-state index contributed by atoms with van der Waals surface area (Å²) in [6.07, 6.45) is 5.45. The molecule has 2 rings (SSSR count). The molecule has 0 bridgehead atoms. The Kier molecular flexibility index (Phi) is 5.79. The summed E-state index contributed by atoms with van der Waals surface area (Å²) in [6.45, 7) is 4.05. The fourth-order valence-corrected chi connectivity index (χ4v) is 3.20. The van der Waals surface area contributed by atoms with Gasteiger partial charge in [-0.1, -0.05) is 0 Å². The standard InChI is InChI=1S/C14H26N4O2/c1-15-14(20)17-13(19)6-10-18-8-4-11(5-9-18)12-3-2-7-16-12/h11-12,16H,2-10H2,1H3,(H2,15,17,19,20). The Labute approximate surface area is 120 Å². The van der Waals surface area contributed by atoms with Crippen molar-refractivity contribution >= 4 is 11.9 Å². The number of nitrogens with one attached hydrogen (secondary N) is 3.